The highest BCUT2D eigenvalue weighted by molar-refractivity contribution is 6.01. The Morgan fingerprint density at radius 1 is 1.16 bits per heavy atom. The summed E-state index contributed by atoms with van der Waals surface area (Å²) in [6.45, 7) is 2.97. The number of hydrogen-bond acceptors (Lipinski definition) is 6. The molecular weight excluding hydrogens is 411 g/mol. The van der Waals surface area contributed by atoms with E-state index >= 15 is 0 Å². The summed E-state index contributed by atoms with van der Waals surface area (Å²) in [4.78, 5) is 21.5. The van der Waals surface area contributed by atoms with E-state index in [4.69, 9.17) is 9.47 Å². The summed E-state index contributed by atoms with van der Waals surface area (Å²) in [5, 5.41) is 3.21. The zero-order valence-corrected chi connectivity index (χ0v) is 17.3. The van der Waals surface area contributed by atoms with Crippen molar-refractivity contribution in [2.75, 3.05) is 11.9 Å². The Morgan fingerprint density at radius 3 is 2.97 bits per heavy atom. The zero-order chi connectivity index (χ0) is 21.8. The number of carbonyl (C=O) groups is 1. The molecule has 0 fully saturated rings. The fraction of sp³-hybridized carbons (Fsp3) is 0.208. The number of hydrogen-bond donors (Lipinski definition) is 1. The fourth-order valence-electron chi connectivity index (χ4n) is 4.45. The van der Waals surface area contributed by atoms with Crippen molar-refractivity contribution in [3.05, 3.63) is 76.6 Å². The first-order chi connectivity index (χ1) is 15.6. The Balaban J connectivity index is 1.46. The van der Waals surface area contributed by atoms with Crippen LogP contribution in [0.1, 0.15) is 32.7 Å². The summed E-state index contributed by atoms with van der Waals surface area (Å²) in [5.41, 5.74) is 6.03. The number of fused-ring (bicyclic) bond motifs is 3. The second kappa shape index (κ2) is 7.05. The van der Waals surface area contributed by atoms with Crippen molar-refractivity contribution in [1.82, 2.24) is 14.4 Å². The highest BCUT2D eigenvalue weighted by Crippen LogP contribution is 2.35. The standard InChI is InChI=1S/C24H19FN4O3/c1-13-2-3-14-11-32-23(30)21-22-18(16(14)8-13)10-27-24(29(22)12-28-21)26-9-17-15-6-7-31-20(15)5-4-19(17)25/h2-5,8,10,12H,6-7,9,11H2,1H3,(H,26,27). The molecule has 0 radical (unpaired) electrons. The van der Waals surface area contributed by atoms with Crippen LogP contribution in [0.3, 0.4) is 0 Å². The van der Waals surface area contributed by atoms with Crippen LogP contribution in [-0.4, -0.2) is 26.9 Å². The van der Waals surface area contributed by atoms with Crippen LogP contribution in [0.4, 0.5) is 10.3 Å². The van der Waals surface area contributed by atoms with Crippen LogP contribution in [0.2, 0.25) is 0 Å². The van der Waals surface area contributed by atoms with Crippen LogP contribution in [0.25, 0.3) is 16.6 Å². The Hall–Kier alpha value is -3.94. The number of nitrogens with one attached hydrogen (secondary N) is 1. The monoisotopic (exact) mass is 430 g/mol. The Labute approximate surface area is 182 Å². The van der Waals surface area contributed by atoms with Crippen LogP contribution < -0.4 is 10.1 Å². The maximum atomic E-state index is 14.6. The predicted octanol–water partition coefficient (Wildman–Crippen LogP) is 4.06. The normalized spacial score (nSPS) is 14.2. The van der Waals surface area contributed by atoms with Crippen molar-refractivity contribution < 1.29 is 18.7 Å². The van der Waals surface area contributed by atoms with Gasteiger partial charge in [0, 0.05) is 35.9 Å². The van der Waals surface area contributed by atoms with Gasteiger partial charge in [0.2, 0.25) is 5.95 Å². The number of nitrogens with zero attached hydrogens (tertiary/aromatic N) is 3. The summed E-state index contributed by atoms with van der Waals surface area (Å²) in [6.07, 6.45) is 3.94. The molecule has 4 aromatic rings. The molecule has 2 aliphatic rings. The minimum Gasteiger partial charge on any atom is -0.493 e. The van der Waals surface area contributed by atoms with Gasteiger partial charge in [-0.2, -0.15) is 0 Å². The first-order valence-electron chi connectivity index (χ1n) is 10.4. The SMILES string of the molecule is Cc1ccc2c(c1)-c1cnc(NCc3c(F)ccc4c3CCO4)n3cnc(c13)C(=O)OC2. The quantitative estimate of drug-likeness (QED) is 0.494. The summed E-state index contributed by atoms with van der Waals surface area (Å²) in [6, 6.07) is 9.09. The molecule has 4 heterocycles. The predicted molar refractivity (Wildman–Crippen MR) is 115 cm³/mol. The Kier molecular flexibility index (Phi) is 4.14. The minimum atomic E-state index is -0.485. The van der Waals surface area contributed by atoms with Gasteiger partial charge in [0.1, 0.15) is 24.5 Å². The van der Waals surface area contributed by atoms with E-state index in [2.05, 4.69) is 21.4 Å². The van der Waals surface area contributed by atoms with Crippen molar-refractivity contribution in [2.45, 2.75) is 26.5 Å². The van der Waals surface area contributed by atoms with Crippen molar-refractivity contribution in [1.29, 1.82) is 0 Å². The summed E-state index contributed by atoms with van der Waals surface area (Å²) in [5.74, 6) is 0.406. The molecule has 0 atom stereocenters. The third-order valence-corrected chi connectivity index (χ3v) is 6.04. The molecule has 0 spiro atoms. The molecule has 32 heavy (non-hydrogen) atoms. The van der Waals surface area contributed by atoms with E-state index in [-0.39, 0.29) is 24.7 Å². The number of benzene rings is 2. The first kappa shape index (κ1) is 18.8. The van der Waals surface area contributed by atoms with Crippen LogP contribution in [-0.2, 0) is 24.3 Å². The molecule has 2 aromatic heterocycles. The van der Waals surface area contributed by atoms with Crippen molar-refractivity contribution in [3.63, 3.8) is 0 Å². The van der Waals surface area contributed by atoms with Gasteiger partial charge in [0.05, 0.1) is 12.1 Å². The number of carbonyl (C=O) groups excluding carboxylic acids is 1. The Bertz CT molecular complexity index is 1410. The van der Waals surface area contributed by atoms with Gasteiger partial charge in [0.15, 0.2) is 5.69 Å². The summed E-state index contributed by atoms with van der Waals surface area (Å²) < 4.78 is 27.3. The lowest BCUT2D eigenvalue weighted by Crippen LogP contribution is -2.13. The lowest BCUT2D eigenvalue weighted by atomic mass is 9.97. The third-order valence-electron chi connectivity index (χ3n) is 6.04. The van der Waals surface area contributed by atoms with E-state index in [9.17, 15) is 9.18 Å². The van der Waals surface area contributed by atoms with E-state index < -0.39 is 5.97 Å². The van der Waals surface area contributed by atoms with Crippen molar-refractivity contribution in [3.8, 4) is 16.9 Å². The fourth-order valence-corrected chi connectivity index (χ4v) is 4.45. The molecule has 0 saturated heterocycles. The number of aryl methyl sites for hydroxylation is 1. The molecule has 1 N–H and O–H groups in total. The molecule has 0 unspecified atom stereocenters. The lowest BCUT2D eigenvalue weighted by Gasteiger charge is -2.17. The molecule has 2 aromatic carbocycles. The van der Waals surface area contributed by atoms with Gasteiger partial charge < -0.3 is 14.8 Å². The number of halogens is 1. The molecule has 8 heteroatoms. The smallest absolute Gasteiger partial charge is 0.359 e. The van der Waals surface area contributed by atoms with Gasteiger partial charge in [-0.15, -0.1) is 0 Å². The zero-order valence-electron chi connectivity index (χ0n) is 17.3. The maximum absolute atomic E-state index is 14.6. The molecule has 0 amide bonds. The number of rotatable bonds is 3. The summed E-state index contributed by atoms with van der Waals surface area (Å²) >= 11 is 0. The van der Waals surface area contributed by atoms with Gasteiger partial charge >= 0.3 is 5.97 Å². The topological polar surface area (TPSA) is 77.8 Å². The molecule has 0 saturated carbocycles. The van der Waals surface area contributed by atoms with Gasteiger partial charge in [-0.3, -0.25) is 4.40 Å². The number of anilines is 1. The van der Waals surface area contributed by atoms with E-state index in [1.807, 2.05) is 19.1 Å². The third kappa shape index (κ3) is 2.83. The molecule has 6 rings (SSSR count). The van der Waals surface area contributed by atoms with E-state index in [1.165, 1.54) is 6.07 Å². The molecule has 0 aliphatic carbocycles. The summed E-state index contributed by atoms with van der Waals surface area (Å²) in [7, 11) is 0. The van der Waals surface area contributed by atoms with Crippen LogP contribution >= 0.6 is 0 Å². The van der Waals surface area contributed by atoms with Crippen LogP contribution in [0.15, 0.2) is 42.9 Å². The van der Waals surface area contributed by atoms with Crippen molar-refractivity contribution in [2.24, 2.45) is 0 Å². The van der Waals surface area contributed by atoms with Crippen LogP contribution in [0.5, 0.6) is 5.75 Å². The molecule has 7 nitrogen and oxygen atoms in total. The Morgan fingerprint density at radius 2 is 2.06 bits per heavy atom. The number of esters is 1. The minimum absolute atomic E-state index is 0.174. The highest BCUT2D eigenvalue weighted by atomic mass is 19.1. The maximum Gasteiger partial charge on any atom is 0.359 e. The van der Waals surface area contributed by atoms with Crippen molar-refractivity contribution >= 4 is 17.4 Å². The van der Waals surface area contributed by atoms with Gasteiger partial charge in [0.25, 0.3) is 0 Å². The number of imidazole rings is 1. The highest BCUT2D eigenvalue weighted by Gasteiger charge is 2.25. The average Bonchev–Trinajstić information content (AvgIpc) is 3.44. The lowest BCUT2D eigenvalue weighted by molar-refractivity contribution is 0.0468. The average molecular weight is 430 g/mol. The van der Waals surface area contributed by atoms with E-state index in [0.29, 0.717) is 30.1 Å². The number of aromatic nitrogens is 3. The second-order valence-corrected chi connectivity index (χ2v) is 8.00. The van der Waals surface area contributed by atoms with Gasteiger partial charge in [-0.05, 0) is 30.2 Å². The van der Waals surface area contributed by atoms with Crippen LogP contribution in [0, 0.1) is 12.7 Å². The molecule has 160 valence electrons. The van der Waals surface area contributed by atoms with E-state index in [0.717, 1.165) is 33.6 Å². The number of ether oxygens (including phenoxy) is 2. The van der Waals surface area contributed by atoms with E-state index in [1.54, 1.807) is 23.0 Å². The molecular formula is C24H19FN4O3. The number of cyclic esters (lactones) is 1. The molecule has 0 bridgehead atoms. The first-order valence-corrected chi connectivity index (χ1v) is 10.4. The molecule has 2 aliphatic heterocycles. The van der Waals surface area contributed by atoms with Gasteiger partial charge in [-0.25, -0.2) is 19.2 Å². The largest absolute Gasteiger partial charge is 0.493 e. The second-order valence-electron chi connectivity index (χ2n) is 8.00. The van der Waals surface area contributed by atoms with Gasteiger partial charge in [-0.1, -0.05) is 23.8 Å².